The lowest BCUT2D eigenvalue weighted by molar-refractivity contribution is 0.0827. The Hall–Kier alpha value is -4.76. The number of Topliss-reactive ketones (excluding diaryl/α,β-unsaturated/α-hetero) is 1. The molecule has 0 unspecified atom stereocenters. The average molecular weight is 568 g/mol. The molecule has 1 aliphatic rings. The van der Waals surface area contributed by atoms with Gasteiger partial charge < -0.3 is 14.2 Å². The summed E-state index contributed by atoms with van der Waals surface area (Å²) >= 11 is 0. The smallest absolute Gasteiger partial charge is 0.282 e. The standard InChI is InChI=1S/C33H30FN3O5/c1-36-32(22-13-16-41-17-14-22)31(33(39)37(36)23-6-4-3-5-7-23)28(38)19-21-8-11-30(26(34)18-21)42-29-12-15-35-27-20-24(40-2)9-10-25(27)29/h3-12,15,18,20,22H,13-14,16-17,19H2,1-2H3. The van der Waals surface area contributed by atoms with Crippen molar-refractivity contribution in [3.63, 3.8) is 0 Å². The molecule has 1 saturated heterocycles. The van der Waals surface area contributed by atoms with E-state index < -0.39 is 5.82 Å². The highest BCUT2D eigenvalue weighted by atomic mass is 19.1. The van der Waals surface area contributed by atoms with Crippen LogP contribution in [0.3, 0.4) is 0 Å². The van der Waals surface area contributed by atoms with Crippen molar-refractivity contribution in [3.8, 4) is 22.9 Å². The van der Waals surface area contributed by atoms with Crippen LogP contribution in [0.1, 0.15) is 40.4 Å². The molecule has 0 saturated carbocycles. The van der Waals surface area contributed by atoms with Crippen molar-refractivity contribution in [2.45, 2.75) is 25.2 Å². The zero-order valence-corrected chi connectivity index (χ0v) is 23.4. The molecule has 3 aromatic carbocycles. The number of ether oxygens (including phenoxy) is 3. The topological polar surface area (TPSA) is 84.6 Å². The number of benzene rings is 3. The Bertz CT molecular complexity index is 1820. The Balaban J connectivity index is 1.30. The van der Waals surface area contributed by atoms with Crippen molar-refractivity contribution < 1.29 is 23.4 Å². The van der Waals surface area contributed by atoms with Crippen molar-refractivity contribution >= 4 is 16.7 Å². The molecule has 8 nitrogen and oxygen atoms in total. The second kappa shape index (κ2) is 11.6. The SMILES string of the molecule is COc1ccc2c(Oc3ccc(CC(=O)c4c(C5CCOCC5)n(C)n(-c5ccccc5)c4=O)cc3F)ccnc2c1. The van der Waals surface area contributed by atoms with Crippen LogP contribution in [0.4, 0.5) is 4.39 Å². The van der Waals surface area contributed by atoms with E-state index in [4.69, 9.17) is 14.2 Å². The van der Waals surface area contributed by atoms with Crippen molar-refractivity contribution in [1.82, 2.24) is 14.3 Å². The van der Waals surface area contributed by atoms with Crippen LogP contribution in [0, 0.1) is 5.82 Å². The van der Waals surface area contributed by atoms with E-state index in [1.54, 1.807) is 55.4 Å². The van der Waals surface area contributed by atoms with E-state index in [2.05, 4.69) is 4.98 Å². The number of nitrogens with zero attached hydrogens (tertiary/aromatic N) is 3. The second-order valence-corrected chi connectivity index (χ2v) is 10.3. The highest BCUT2D eigenvalue weighted by Gasteiger charge is 2.31. The second-order valence-electron chi connectivity index (χ2n) is 10.3. The van der Waals surface area contributed by atoms with Crippen LogP contribution >= 0.6 is 0 Å². The molecule has 1 fully saturated rings. The maximum Gasteiger partial charge on any atom is 0.282 e. The van der Waals surface area contributed by atoms with Crippen LogP contribution in [0.25, 0.3) is 16.6 Å². The number of hydrogen-bond acceptors (Lipinski definition) is 6. The minimum absolute atomic E-state index is 0.00280. The fourth-order valence-corrected chi connectivity index (χ4v) is 5.63. The first-order chi connectivity index (χ1) is 20.4. The van der Waals surface area contributed by atoms with E-state index in [0.717, 1.165) is 0 Å². The molecule has 214 valence electrons. The van der Waals surface area contributed by atoms with Gasteiger partial charge in [0.2, 0.25) is 0 Å². The minimum atomic E-state index is -0.613. The predicted octanol–water partition coefficient (Wildman–Crippen LogP) is 5.98. The summed E-state index contributed by atoms with van der Waals surface area (Å²) in [5.74, 6) is 0.150. The summed E-state index contributed by atoms with van der Waals surface area (Å²) in [6.45, 7) is 1.13. The zero-order chi connectivity index (χ0) is 29.2. The molecular formula is C33H30FN3O5. The lowest BCUT2D eigenvalue weighted by Gasteiger charge is -2.24. The molecular weight excluding hydrogens is 537 g/mol. The Morgan fingerprint density at radius 3 is 2.55 bits per heavy atom. The molecule has 3 heterocycles. The quantitative estimate of drug-likeness (QED) is 0.215. The average Bonchev–Trinajstić information content (AvgIpc) is 3.28. The molecule has 0 spiro atoms. The van der Waals surface area contributed by atoms with Crippen LogP contribution < -0.4 is 15.0 Å². The third kappa shape index (κ3) is 5.19. The maximum absolute atomic E-state index is 15.3. The lowest BCUT2D eigenvalue weighted by Crippen LogP contribution is -2.23. The van der Waals surface area contributed by atoms with Crippen LogP contribution in [0.5, 0.6) is 17.2 Å². The number of carbonyl (C=O) groups excluding carboxylic acids is 1. The number of para-hydroxylation sites is 1. The third-order valence-corrected chi connectivity index (χ3v) is 7.69. The van der Waals surface area contributed by atoms with E-state index in [1.807, 2.05) is 30.3 Å². The van der Waals surface area contributed by atoms with Crippen molar-refractivity contribution in [2.75, 3.05) is 20.3 Å². The molecule has 0 radical (unpaired) electrons. The highest BCUT2D eigenvalue weighted by molar-refractivity contribution is 5.98. The van der Waals surface area contributed by atoms with Crippen LogP contribution in [0.15, 0.2) is 83.8 Å². The number of methoxy groups -OCH3 is 1. The largest absolute Gasteiger partial charge is 0.497 e. The number of halogens is 1. The van der Waals surface area contributed by atoms with Gasteiger partial charge in [0.15, 0.2) is 17.3 Å². The number of hydrogen-bond donors (Lipinski definition) is 0. The summed E-state index contributed by atoms with van der Waals surface area (Å²) in [7, 11) is 3.38. The van der Waals surface area contributed by atoms with E-state index >= 15 is 4.39 Å². The van der Waals surface area contributed by atoms with Gasteiger partial charge in [-0.25, -0.2) is 9.07 Å². The van der Waals surface area contributed by atoms with E-state index in [1.165, 1.54) is 16.8 Å². The molecule has 0 atom stereocenters. The van der Waals surface area contributed by atoms with Gasteiger partial charge in [0.25, 0.3) is 5.56 Å². The Morgan fingerprint density at radius 1 is 1.02 bits per heavy atom. The molecule has 5 aromatic rings. The van der Waals surface area contributed by atoms with Gasteiger partial charge in [-0.2, -0.15) is 0 Å². The third-order valence-electron chi connectivity index (χ3n) is 7.69. The first-order valence-electron chi connectivity index (χ1n) is 13.8. The fourth-order valence-electron chi connectivity index (χ4n) is 5.63. The minimum Gasteiger partial charge on any atom is -0.497 e. The van der Waals surface area contributed by atoms with Gasteiger partial charge in [-0.3, -0.25) is 19.3 Å². The summed E-state index contributed by atoms with van der Waals surface area (Å²) in [6, 6.07) is 20.7. The lowest BCUT2D eigenvalue weighted by atomic mass is 9.91. The number of aromatic nitrogens is 3. The molecule has 0 amide bonds. The number of pyridine rings is 1. The molecule has 1 aliphatic heterocycles. The monoisotopic (exact) mass is 567 g/mol. The zero-order valence-electron chi connectivity index (χ0n) is 23.4. The number of rotatable bonds is 8. The molecule has 0 aliphatic carbocycles. The highest BCUT2D eigenvalue weighted by Crippen LogP contribution is 2.33. The van der Waals surface area contributed by atoms with Crippen LogP contribution in [-0.2, 0) is 18.2 Å². The van der Waals surface area contributed by atoms with E-state index in [-0.39, 0.29) is 35.0 Å². The molecule has 9 heteroatoms. The normalized spacial score (nSPS) is 13.8. The van der Waals surface area contributed by atoms with E-state index in [9.17, 15) is 9.59 Å². The Labute approximate surface area is 241 Å². The molecule has 0 bridgehead atoms. The first-order valence-corrected chi connectivity index (χ1v) is 13.8. The number of ketones is 1. The summed E-state index contributed by atoms with van der Waals surface area (Å²) in [6.07, 6.45) is 2.88. The van der Waals surface area contributed by atoms with Crippen molar-refractivity contribution in [3.05, 3.63) is 112 Å². The van der Waals surface area contributed by atoms with E-state index in [0.29, 0.717) is 65.4 Å². The van der Waals surface area contributed by atoms with Gasteiger partial charge in [0.05, 0.1) is 24.0 Å². The molecule has 0 N–H and O–H groups in total. The summed E-state index contributed by atoms with van der Waals surface area (Å²) in [5, 5.41) is 0.705. The van der Waals surface area contributed by atoms with Gasteiger partial charge in [-0.15, -0.1) is 0 Å². The Kier molecular flexibility index (Phi) is 7.58. The van der Waals surface area contributed by atoms with Crippen molar-refractivity contribution in [1.29, 1.82) is 0 Å². The summed E-state index contributed by atoms with van der Waals surface area (Å²) in [5.41, 5.74) is 2.23. The fraction of sp³-hybridized carbons (Fsp3) is 0.242. The van der Waals surface area contributed by atoms with Gasteiger partial charge in [-0.05, 0) is 60.9 Å². The van der Waals surface area contributed by atoms with Crippen molar-refractivity contribution in [2.24, 2.45) is 7.05 Å². The first kappa shape index (κ1) is 27.4. The number of fused-ring (bicyclic) bond motifs is 1. The molecule has 2 aromatic heterocycles. The van der Waals surface area contributed by atoms with Gasteiger partial charge in [0, 0.05) is 50.2 Å². The number of carbonyl (C=O) groups is 1. The maximum atomic E-state index is 15.3. The molecule has 6 rings (SSSR count). The summed E-state index contributed by atoms with van der Waals surface area (Å²) in [4.78, 5) is 31.8. The summed E-state index contributed by atoms with van der Waals surface area (Å²) < 4.78 is 35.3. The van der Waals surface area contributed by atoms with Gasteiger partial charge in [0.1, 0.15) is 17.1 Å². The van der Waals surface area contributed by atoms with Crippen LogP contribution in [0.2, 0.25) is 0 Å². The Morgan fingerprint density at radius 2 is 1.81 bits per heavy atom. The van der Waals surface area contributed by atoms with Crippen LogP contribution in [-0.4, -0.2) is 40.5 Å². The molecule has 42 heavy (non-hydrogen) atoms. The van der Waals surface area contributed by atoms with Gasteiger partial charge in [-0.1, -0.05) is 24.3 Å². The predicted molar refractivity (Wildman–Crippen MR) is 157 cm³/mol. The van der Waals surface area contributed by atoms with Gasteiger partial charge >= 0.3 is 0 Å².